The SMILES string of the molecule is O=C(O)CCCOc1cc(=O)[nH]c2ccccc12. The van der Waals surface area contributed by atoms with Crippen LogP contribution in [0.15, 0.2) is 35.1 Å². The van der Waals surface area contributed by atoms with E-state index in [2.05, 4.69) is 4.98 Å². The number of carbonyl (C=O) groups is 1. The molecule has 0 saturated carbocycles. The molecule has 0 aliphatic heterocycles. The van der Waals surface area contributed by atoms with Crippen LogP contribution in [0.5, 0.6) is 5.75 Å². The average molecular weight is 247 g/mol. The van der Waals surface area contributed by atoms with Crippen LogP contribution < -0.4 is 10.3 Å². The molecule has 0 unspecified atom stereocenters. The molecule has 5 nitrogen and oxygen atoms in total. The van der Waals surface area contributed by atoms with Crippen molar-refractivity contribution in [1.29, 1.82) is 0 Å². The van der Waals surface area contributed by atoms with Crippen molar-refractivity contribution in [2.75, 3.05) is 6.61 Å². The molecule has 0 radical (unpaired) electrons. The normalized spacial score (nSPS) is 10.4. The second kappa shape index (κ2) is 5.35. The van der Waals surface area contributed by atoms with E-state index < -0.39 is 5.97 Å². The van der Waals surface area contributed by atoms with Gasteiger partial charge in [-0.2, -0.15) is 0 Å². The van der Waals surface area contributed by atoms with Crippen LogP contribution in [0.1, 0.15) is 12.8 Å². The van der Waals surface area contributed by atoms with Gasteiger partial charge in [0, 0.05) is 17.9 Å². The van der Waals surface area contributed by atoms with E-state index in [1.165, 1.54) is 6.07 Å². The molecule has 0 amide bonds. The summed E-state index contributed by atoms with van der Waals surface area (Å²) in [7, 11) is 0. The van der Waals surface area contributed by atoms with E-state index in [1.807, 2.05) is 18.2 Å². The highest BCUT2D eigenvalue weighted by molar-refractivity contribution is 5.84. The first-order valence-electron chi connectivity index (χ1n) is 5.63. The molecule has 1 aromatic carbocycles. The van der Waals surface area contributed by atoms with Gasteiger partial charge in [0.05, 0.1) is 12.1 Å². The van der Waals surface area contributed by atoms with Crippen LogP contribution in [0.4, 0.5) is 0 Å². The average Bonchev–Trinajstić information content (AvgIpc) is 2.34. The smallest absolute Gasteiger partial charge is 0.303 e. The summed E-state index contributed by atoms with van der Waals surface area (Å²) in [5.74, 6) is -0.367. The Morgan fingerprint density at radius 1 is 1.33 bits per heavy atom. The van der Waals surface area contributed by atoms with Crippen LogP contribution in [0.25, 0.3) is 10.9 Å². The van der Waals surface area contributed by atoms with Gasteiger partial charge in [0.25, 0.3) is 5.56 Å². The lowest BCUT2D eigenvalue weighted by atomic mass is 10.2. The number of carboxylic acid groups (broad SMARTS) is 1. The molecule has 0 saturated heterocycles. The van der Waals surface area contributed by atoms with Crippen LogP contribution in [0.2, 0.25) is 0 Å². The molecule has 0 aliphatic carbocycles. The van der Waals surface area contributed by atoms with Gasteiger partial charge in [-0.05, 0) is 18.6 Å². The van der Waals surface area contributed by atoms with Gasteiger partial charge >= 0.3 is 5.97 Å². The minimum atomic E-state index is -0.852. The van der Waals surface area contributed by atoms with Crippen LogP contribution >= 0.6 is 0 Å². The summed E-state index contributed by atoms with van der Waals surface area (Å²) in [6, 6.07) is 8.69. The van der Waals surface area contributed by atoms with Gasteiger partial charge in [-0.1, -0.05) is 12.1 Å². The molecule has 0 aliphatic rings. The third-order valence-corrected chi connectivity index (χ3v) is 2.51. The van der Waals surface area contributed by atoms with Crippen molar-refractivity contribution in [1.82, 2.24) is 4.98 Å². The molecule has 18 heavy (non-hydrogen) atoms. The third kappa shape index (κ3) is 2.88. The molecule has 1 heterocycles. The maximum absolute atomic E-state index is 11.4. The second-order valence-electron chi connectivity index (χ2n) is 3.89. The predicted octanol–water partition coefficient (Wildman–Crippen LogP) is 1.77. The van der Waals surface area contributed by atoms with E-state index in [-0.39, 0.29) is 18.6 Å². The Morgan fingerprint density at radius 2 is 2.11 bits per heavy atom. The fourth-order valence-electron chi connectivity index (χ4n) is 1.70. The maximum Gasteiger partial charge on any atom is 0.303 e. The third-order valence-electron chi connectivity index (χ3n) is 2.51. The summed E-state index contributed by atoms with van der Waals surface area (Å²) in [5.41, 5.74) is 0.472. The van der Waals surface area contributed by atoms with Gasteiger partial charge in [0.1, 0.15) is 5.75 Å². The number of benzene rings is 1. The van der Waals surface area contributed by atoms with Crippen LogP contribution in [-0.4, -0.2) is 22.7 Å². The van der Waals surface area contributed by atoms with Crippen molar-refractivity contribution < 1.29 is 14.6 Å². The number of H-pyrrole nitrogens is 1. The summed E-state index contributed by atoms with van der Waals surface area (Å²) < 4.78 is 5.47. The van der Waals surface area contributed by atoms with E-state index in [4.69, 9.17) is 9.84 Å². The van der Waals surface area contributed by atoms with Crippen LogP contribution in [0, 0.1) is 0 Å². The molecule has 0 fully saturated rings. The summed E-state index contributed by atoms with van der Waals surface area (Å²) in [5, 5.41) is 9.33. The minimum Gasteiger partial charge on any atom is -0.493 e. The first kappa shape index (κ1) is 12.2. The monoisotopic (exact) mass is 247 g/mol. The van der Waals surface area contributed by atoms with Gasteiger partial charge in [-0.3, -0.25) is 9.59 Å². The number of aromatic nitrogens is 1. The molecule has 2 rings (SSSR count). The lowest BCUT2D eigenvalue weighted by molar-refractivity contribution is -0.137. The molecule has 0 spiro atoms. The van der Waals surface area contributed by atoms with E-state index in [1.54, 1.807) is 6.07 Å². The highest BCUT2D eigenvalue weighted by Crippen LogP contribution is 2.21. The largest absolute Gasteiger partial charge is 0.493 e. The number of para-hydroxylation sites is 1. The van der Waals surface area contributed by atoms with E-state index in [0.29, 0.717) is 17.7 Å². The van der Waals surface area contributed by atoms with Crippen molar-refractivity contribution in [3.63, 3.8) is 0 Å². The fraction of sp³-hybridized carbons (Fsp3) is 0.231. The number of pyridine rings is 1. The number of nitrogens with one attached hydrogen (secondary N) is 1. The number of hydrogen-bond acceptors (Lipinski definition) is 3. The Kier molecular flexibility index (Phi) is 3.62. The molecular formula is C13H13NO4. The number of aromatic amines is 1. The van der Waals surface area contributed by atoms with Gasteiger partial charge in [-0.15, -0.1) is 0 Å². The Labute approximate surface area is 103 Å². The van der Waals surface area contributed by atoms with Crippen LogP contribution in [0.3, 0.4) is 0 Å². The first-order valence-corrected chi connectivity index (χ1v) is 5.63. The highest BCUT2D eigenvalue weighted by atomic mass is 16.5. The van der Waals surface area contributed by atoms with Gasteiger partial charge in [0.2, 0.25) is 0 Å². The number of fused-ring (bicyclic) bond motifs is 1. The van der Waals surface area contributed by atoms with Crippen molar-refractivity contribution in [2.45, 2.75) is 12.8 Å². The number of ether oxygens (including phenoxy) is 1. The lowest BCUT2D eigenvalue weighted by Crippen LogP contribution is -2.08. The summed E-state index contributed by atoms with van der Waals surface area (Å²) in [6.07, 6.45) is 0.470. The topological polar surface area (TPSA) is 79.4 Å². The van der Waals surface area contributed by atoms with E-state index in [9.17, 15) is 9.59 Å². The lowest BCUT2D eigenvalue weighted by Gasteiger charge is -2.08. The number of carboxylic acids is 1. The Morgan fingerprint density at radius 3 is 2.89 bits per heavy atom. The number of aliphatic carboxylic acids is 1. The number of rotatable bonds is 5. The molecule has 94 valence electrons. The second-order valence-corrected chi connectivity index (χ2v) is 3.89. The van der Waals surface area contributed by atoms with Gasteiger partial charge in [-0.25, -0.2) is 0 Å². The molecule has 0 atom stereocenters. The number of hydrogen-bond donors (Lipinski definition) is 2. The van der Waals surface area contributed by atoms with Crippen molar-refractivity contribution >= 4 is 16.9 Å². The van der Waals surface area contributed by atoms with Gasteiger partial charge in [0.15, 0.2) is 0 Å². The molecule has 2 N–H and O–H groups in total. The zero-order valence-electron chi connectivity index (χ0n) is 9.68. The van der Waals surface area contributed by atoms with E-state index >= 15 is 0 Å². The van der Waals surface area contributed by atoms with Gasteiger partial charge < -0.3 is 14.8 Å². The van der Waals surface area contributed by atoms with Crippen molar-refractivity contribution in [3.8, 4) is 5.75 Å². The quantitative estimate of drug-likeness (QED) is 0.789. The molecule has 0 bridgehead atoms. The standard InChI is InChI=1S/C13H13NO4/c15-12-8-11(18-7-3-6-13(16)17)9-4-1-2-5-10(9)14-12/h1-2,4-5,8H,3,6-7H2,(H,14,15)(H,16,17). The predicted molar refractivity (Wildman–Crippen MR) is 66.9 cm³/mol. The Balaban J connectivity index is 2.17. The Hall–Kier alpha value is -2.30. The van der Waals surface area contributed by atoms with Crippen molar-refractivity contribution in [3.05, 3.63) is 40.7 Å². The van der Waals surface area contributed by atoms with Crippen LogP contribution in [-0.2, 0) is 4.79 Å². The summed E-state index contributed by atoms with van der Waals surface area (Å²) >= 11 is 0. The van der Waals surface area contributed by atoms with Crippen molar-refractivity contribution in [2.24, 2.45) is 0 Å². The molecule has 2 aromatic rings. The highest BCUT2D eigenvalue weighted by Gasteiger charge is 2.04. The minimum absolute atomic E-state index is 0.0567. The molecule has 1 aromatic heterocycles. The summed E-state index contributed by atoms with van der Waals surface area (Å²) in [4.78, 5) is 24.5. The molecular weight excluding hydrogens is 234 g/mol. The molecule has 5 heteroatoms. The Bertz CT molecular complexity index is 618. The zero-order chi connectivity index (χ0) is 13.0. The van der Waals surface area contributed by atoms with E-state index in [0.717, 1.165) is 5.39 Å². The maximum atomic E-state index is 11.4. The zero-order valence-corrected chi connectivity index (χ0v) is 9.68. The first-order chi connectivity index (χ1) is 8.66. The summed E-state index contributed by atoms with van der Waals surface area (Å²) in [6.45, 7) is 0.278. The fourth-order valence-corrected chi connectivity index (χ4v) is 1.70.